The molecule has 1 unspecified atom stereocenters. The Bertz CT molecular complexity index is 792. The molecule has 0 spiro atoms. The van der Waals surface area contributed by atoms with E-state index in [0.29, 0.717) is 12.3 Å². The summed E-state index contributed by atoms with van der Waals surface area (Å²) in [7, 11) is 0. The molecule has 1 aromatic heterocycles. The molecular weight excluding hydrogens is 358 g/mol. The second-order valence-electron chi connectivity index (χ2n) is 4.77. The summed E-state index contributed by atoms with van der Waals surface area (Å²) in [5.74, 6) is -1.33. The van der Waals surface area contributed by atoms with E-state index >= 15 is 0 Å². The fourth-order valence-corrected chi connectivity index (χ4v) is 2.28. The van der Waals surface area contributed by atoms with E-state index in [9.17, 15) is 31.6 Å². The molecule has 0 saturated heterocycles. The Balaban J connectivity index is 2.49. The first-order valence-electron chi connectivity index (χ1n) is 6.33. The summed E-state index contributed by atoms with van der Waals surface area (Å²) in [5, 5.41) is 8.78. The number of pyridine rings is 1. The summed E-state index contributed by atoms with van der Waals surface area (Å²) >= 11 is 5.75. The highest BCUT2D eigenvalue weighted by Crippen LogP contribution is 2.36. The Morgan fingerprint density at radius 3 is 2.12 bits per heavy atom. The molecule has 126 valence electrons. The molecule has 0 aliphatic carbocycles. The zero-order valence-electron chi connectivity index (χ0n) is 11.6. The third-order valence-electron chi connectivity index (χ3n) is 3.15. The van der Waals surface area contributed by atoms with Crippen LogP contribution in [0, 0.1) is 11.3 Å². The van der Waals surface area contributed by atoms with Crippen molar-refractivity contribution in [2.24, 2.45) is 0 Å². The Morgan fingerprint density at radius 2 is 1.62 bits per heavy atom. The summed E-state index contributed by atoms with van der Waals surface area (Å²) < 4.78 is 76.1. The number of nitriles is 1. The van der Waals surface area contributed by atoms with Gasteiger partial charge in [0.1, 0.15) is 5.92 Å². The Morgan fingerprint density at radius 1 is 1.00 bits per heavy atom. The zero-order chi connectivity index (χ0) is 18.1. The quantitative estimate of drug-likeness (QED) is 0.666. The van der Waals surface area contributed by atoms with Crippen LogP contribution in [0.25, 0.3) is 0 Å². The van der Waals surface area contributed by atoms with Gasteiger partial charge >= 0.3 is 12.4 Å². The number of benzene rings is 1. The van der Waals surface area contributed by atoms with Gasteiger partial charge < -0.3 is 0 Å². The van der Waals surface area contributed by atoms with E-state index in [-0.39, 0.29) is 11.3 Å². The summed E-state index contributed by atoms with van der Waals surface area (Å²) in [6.07, 6.45) is -8.81. The maximum Gasteiger partial charge on any atom is 0.417 e. The largest absolute Gasteiger partial charge is 0.417 e. The van der Waals surface area contributed by atoms with Crippen LogP contribution in [0.15, 0.2) is 36.5 Å². The maximum atomic E-state index is 12.8. The topological polar surface area (TPSA) is 36.7 Å². The van der Waals surface area contributed by atoms with Crippen LogP contribution >= 0.6 is 11.6 Å². The van der Waals surface area contributed by atoms with Crippen LogP contribution in [0.4, 0.5) is 26.3 Å². The standard InChI is InChI=1S/C15H7ClF6N2/c16-12-5-10(15(20,21)22)7-24-13(12)11(6-23)8-2-1-3-9(4-8)14(17,18)19/h1-5,7,11H. The van der Waals surface area contributed by atoms with Gasteiger partial charge in [-0.25, -0.2) is 0 Å². The van der Waals surface area contributed by atoms with Crippen molar-refractivity contribution in [1.82, 2.24) is 4.98 Å². The lowest BCUT2D eigenvalue weighted by Gasteiger charge is -2.15. The highest BCUT2D eigenvalue weighted by molar-refractivity contribution is 6.31. The van der Waals surface area contributed by atoms with Crippen LogP contribution in [-0.2, 0) is 12.4 Å². The van der Waals surface area contributed by atoms with Gasteiger partial charge in [-0.15, -0.1) is 0 Å². The predicted octanol–water partition coefficient (Wildman–Crippen LogP) is 5.43. The van der Waals surface area contributed by atoms with Crippen LogP contribution < -0.4 is 0 Å². The molecule has 24 heavy (non-hydrogen) atoms. The fourth-order valence-electron chi connectivity index (χ4n) is 2.00. The molecular formula is C15H7ClF6N2. The van der Waals surface area contributed by atoms with Gasteiger partial charge in [-0.3, -0.25) is 4.98 Å². The molecule has 2 rings (SSSR count). The highest BCUT2D eigenvalue weighted by atomic mass is 35.5. The minimum atomic E-state index is -4.67. The van der Waals surface area contributed by atoms with Crippen LogP contribution in [0.1, 0.15) is 28.3 Å². The molecule has 9 heteroatoms. The van der Waals surface area contributed by atoms with Gasteiger partial charge in [-0.1, -0.05) is 29.8 Å². The molecule has 0 N–H and O–H groups in total. The summed E-state index contributed by atoms with van der Waals surface area (Å²) in [5.41, 5.74) is -2.41. The average Bonchev–Trinajstić information content (AvgIpc) is 2.48. The van der Waals surface area contributed by atoms with E-state index in [1.807, 2.05) is 0 Å². The Kier molecular flexibility index (Phi) is 4.76. The van der Waals surface area contributed by atoms with Gasteiger partial charge in [-0.05, 0) is 17.7 Å². The molecule has 1 heterocycles. The number of hydrogen-bond acceptors (Lipinski definition) is 2. The summed E-state index contributed by atoms with van der Waals surface area (Å²) in [6.45, 7) is 0. The van der Waals surface area contributed by atoms with E-state index in [1.54, 1.807) is 6.07 Å². The van der Waals surface area contributed by atoms with Crippen molar-refractivity contribution in [3.8, 4) is 6.07 Å². The lowest BCUT2D eigenvalue weighted by Crippen LogP contribution is -2.10. The van der Waals surface area contributed by atoms with E-state index in [0.717, 1.165) is 18.2 Å². The monoisotopic (exact) mass is 364 g/mol. The third kappa shape index (κ3) is 3.79. The van der Waals surface area contributed by atoms with Crippen molar-refractivity contribution in [3.05, 3.63) is 63.9 Å². The second-order valence-corrected chi connectivity index (χ2v) is 5.18. The van der Waals surface area contributed by atoms with Gasteiger partial charge in [0, 0.05) is 6.20 Å². The van der Waals surface area contributed by atoms with Gasteiger partial charge in [0.25, 0.3) is 0 Å². The van der Waals surface area contributed by atoms with Crippen molar-refractivity contribution in [3.63, 3.8) is 0 Å². The number of rotatable bonds is 2. The molecule has 0 radical (unpaired) electrons. The smallest absolute Gasteiger partial charge is 0.257 e. The molecule has 2 nitrogen and oxygen atoms in total. The van der Waals surface area contributed by atoms with Gasteiger partial charge in [0.05, 0.1) is 27.9 Å². The molecule has 0 aliphatic rings. The molecule has 0 fully saturated rings. The van der Waals surface area contributed by atoms with E-state index < -0.39 is 34.4 Å². The Hall–Kier alpha value is -2.27. The average molecular weight is 365 g/mol. The van der Waals surface area contributed by atoms with E-state index in [4.69, 9.17) is 11.6 Å². The fraction of sp³-hybridized carbons (Fsp3) is 0.200. The van der Waals surface area contributed by atoms with Crippen molar-refractivity contribution >= 4 is 11.6 Å². The van der Waals surface area contributed by atoms with Gasteiger partial charge in [-0.2, -0.15) is 31.6 Å². The van der Waals surface area contributed by atoms with Crippen LogP contribution in [0.5, 0.6) is 0 Å². The number of halogens is 7. The van der Waals surface area contributed by atoms with Crippen molar-refractivity contribution in [1.29, 1.82) is 5.26 Å². The van der Waals surface area contributed by atoms with E-state index in [1.165, 1.54) is 6.07 Å². The number of nitrogens with zero attached hydrogens (tertiary/aromatic N) is 2. The zero-order valence-corrected chi connectivity index (χ0v) is 12.3. The third-order valence-corrected chi connectivity index (χ3v) is 3.45. The number of hydrogen-bond donors (Lipinski definition) is 0. The highest BCUT2D eigenvalue weighted by Gasteiger charge is 2.33. The SMILES string of the molecule is N#CC(c1cccc(C(F)(F)F)c1)c1ncc(C(F)(F)F)cc1Cl. The molecule has 2 aromatic rings. The van der Waals surface area contributed by atoms with Crippen LogP contribution in [-0.4, -0.2) is 4.98 Å². The number of aromatic nitrogens is 1. The van der Waals surface area contributed by atoms with Gasteiger partial charge in [0.15, 0.2) is 0 Å². The molecule has 0 saturated carbocycles. The van der Waals surface area contributed by atoms with Crippen LogP contribution in [0.2, 0.25) is 5.02 Å². The van der Waals surface area contributed by atoms with Gasteiger partial charge in [0.2, 0.25) is 0 Å². The second kappa shape index (κ2) is 6.32. The van der Waals surface area contributed by atoms with Crippen molar-refractivity contribution in [2.45, 2.75) is 18.3 Å². The first-order chi connectivity index (χ1) is 11.0. The molecule has 0 aliphatic heterocycles. The lowest BCUT2D eigenvalue weighted by atomic mass is 9.94. The molecule has 1 atom stereocenters. The first-order valence-corrected chi connectivity index (χ1v) is 6.71. The van der Waals surface area contributed by atoms with Crippen molar-refractivity contribution in [2.75, 3.05) is 0 Å². The number of alkyl halides is 6. The summed E-state index contributed by atoms with van der Waals surface area (Å²) in [4.78, 5) is 3.53. The molecule has 1 aromatic carbocycles. The lowest BCUT2D eigenvalue weighted by molar-refractivity contribution is -0.138. The summed E-state index contributed by atoms with van der Waals surface area (Å²) in [6, 6.07) is 6.21. The predicted molar refractivity (Wildman–Crippen MR) is 73.1 cm³/mol. The first kappa shape index (κ1) is 18.1. The van der Waals surface area contributed by atoms with Crippen molar-refractivity contribution < 1.29 is 26.3 Å². The van der Waals surface area contributed by atoms with Crippen LogP contribution in [0.3, 0.4) is 0 Å². The normalized spacial score (nSPS) is 13.4. The minimum Gasteiger partial charge on any atom is -0.257 e. The molecule has 0 amide bonds. The van der Waals surface area contributed by atoms with E-state index in [2.05, 4.69) is 4.98 Å². The maximum absolute atomic E-state index is 12.8. The minimum absolute atomic E-state index is 0.0681. The Labute approximate surface area is 137 Å². The molecule has 0 bridgehead atoms.